The molecule has 0 spiro atoms. The number of carbonyl (C=O) groups excluding carboxylic acids is 2. The Morgan fingerprint density at radius 2 is 1.72 bits per heavy atom. The fourth-order valence-corrected chi connectivity index (χ4v) is 2.15. The number of aryl methyl sites for hydroxylation is 2. The zero-order chi connectivity index (χ0) is 18.4. The first-order valence-corrected chi connectivity index (χ1v) is 8.11. The van der Waals surface area contributed by atoms with Gasteiger partial charge in [0.25, 0.3) is 5.91 Å². The van der Waals surface area contributed by atoms with Gasteiger partial charge in [0.05, 0.1) is 10.0 Å². The lowest BCUT2D eigenvalue weighted by atomic mass is 10.1. The largest absolute Gasteiger partial charge is 0.484 e. The predicted octanol–water partition coefficient (Wildman–Crippen LogP) is 3.84. The van der Waals surface area contributed by atoms with Crippen LogP contribution in [0.4, 0.5) is 10.5 Å². The van der Waals surface area contributed by atoms with E-state index in [0.717, 1.165) is 11.1 Å². The van der Waals surface area contributed by atoms with Crippen molar-refractivity contribution >= 4 is 40.8 Å². The van der Waals surface area contributed by atoms with E-state index < -0.39 is 11.9 Å². The Morgan fingerprint density at radius 3 is 2.40 bits per heavy atom. The molecule has 0 atom stereocenters. The first kappa shape index (κ1) is 18.9. The number of amides is 3. The Labute approximate surface area is 155 Å². The molecule has 0 aromatic heterocycles. The van der Waals surface area contributed by atoms with Crippen LogP contribution in [0.5, 0.6) is 5.75 Å². The van der Waals surface area contributed by atoms with Crippen molar-refractivity contribution in [2.24, 2.45) is 0 Å². The summed E-state index contributed by atoms with van der Waals surface area (Å²) in [5.41, 5.74) is 7.10. The summed E-state index contributed by atoms with van der Waals surface area (Å²) in [7, 11) is 0. The van der Waals surface area contributed by atoms with E-state index in [1.807, 2.05) is 26.0 Å². The minimum Gasteiger partial charge on any atom is -0.484 e. The van der Waals surface area contributed by atoms with Crippen LogP contribution in [0.3, 0.4) is 0 Å². The number of nitrogens with one attached hydrogen (secondary N) is 3. The monoisotopic (exact) mass is 381 g/mol. The topological polar surface area (TPSA) is 79.5 Å². The number of hydrazine groups is 1. The predicted molar refractivity (Wildman–Crippen MR) is 98.2 cm³/mol. The van der Waals surface area contributed by atoms with E-state index in [2.05, 4.69) is 16.2 Å². The third-order valence-corrected chi connectivity index (χ3v) is 4.08. The number of rotatable bonds is 4. The molecule has 0 aliphatic heterocycles. The van der Waals surface area contributed by atoms with Crippen LogP contribution >= 0.6 is 23.2 Å². The minimum atomic E-state index is -0.627. The summed E-state index contributed by atoms with van der Waals surface area (Å²) in [5.74, 6) is 0.0843. The average molecular weight is 382 g/mol. The van der Waals surface area contributed by atoms with E-state index in [1.54, 1.807) is 18.2 Å². The highest BCUT2D eigenvalue weighted by Gasteiger charge is 2.07. The van der Waals surface area contributed by atoms with Gasteiger partial charge >= 0.3 is 6.03 Å². The van der Waals surface area contributed by atoms with Gasteiger partial charge in [-0.05, 0) is 55.3 Å². The summed E-state index contributed by atoms with van der Waals surface area (Å²) in [5, 5.41) is 3.19. The molecule has 0 aliphatic carbocycles. The summed E-state index contributed by atoms with van der Waals surface area (Å²) < 4.78 is 5.37. The minimum absolute atomic E-state index is 0.227. The van der Waals surface area contributed by atoms with E-state index >= 15 is 0 Å². The Balaban J connectivity index is 1.76. The second kappa shape index (κ2) is 8.60. The van der Waals surface area contributed by atoms with Crippen LogP contribution in [0, 0.1) is 13.8 Å². The van der Waals surface area contributed by atoms with Gasteiger partial charge in [0, 0.05) is 5.69 Å². The van der Waals surface area contributed by atoms with Gasteiger partial charge in [0.1, 0.15) is 5.75 Å². The second-order valence-electron chi connectivity index (χ2n) is 5.29. The molecule has 132 valence electrons. The molecule has 2 aromatic rings. The van der Waals surface area contributed by atoms with Crippen LogP contribution in [0.15, 0.2) is 36.4 Å². The average Bonchev–Trinajstić information content (AvgIpc) is 2.57. The van der Waals surface area contributed by atoms with Crippen molar-refractivity contribution in [1.82, 2.24) is 10.9 Å². The fourth-order valence-electron chi connectivity index (χ4n) is 1.85. The number of benzene rings is 2. The van der Waals surface area contributed by atoms with E-state index in [4.69, 9.17) is 27.9 Å². The lowest BCUT2D eigenvalue weighted by Crippen LogP contribution is -2.45. The summed E-state index contributed by atoms with van der Waals surface area (Å²) in [6.07, 6.45) is 0. The second-order valence-corrected chi connectivity index (χ2v) is 6.11. The zero-order valence-corrected chi connectivity index (χ0v) is 15.2. The molecule has 0 aliphatic rings. The molecule has 0 bridgehead atoms. The van der Waals surface area contributed by atoms with Gasteiger partial charge in [0.15, 0.2) is 6.61 Å². The van der Waals surface area contributed by atoms with Crippen LogP contribution in [-0.2, 0) is 4.79 Å². The molecule has 0 unspecified atom stereocenters. The van der Waals surface area contributed by atoms with E-state index in [1.165, 1.54) is 6.07 Å². The van der Waals surface area contributed by atoms with Crippen LogP contribution in [0.25, 0.3) is 0 Å². The third kappa shape index (κ3) is 5.85. The molecule has 6 nitrogen and oxygen atoms in total. The number of anilines is 1. The van der Waals surface area contributed by atoms with Gasteiger partial charge in [-0.25, -0.2) is 10.2 Å². The van der Waals surface area contributed by atoms with Crippen LogP contribution in [0.2, 0.25) is 10.0 Å². The van der Waals surface area contributed by atoms with Crippen LogP contribution in [-0.4, -0.2) is 18.5 Å². The molecule has 2 rings (SSSR count). The molecule has 0 saturated carbocycles. The number of ether oxygens (including phenoxy) is 1. The van der Waals surface area contributed by atoms with Gasteiger partial charge in [-0.15, -0.1) is 0 Å². The van der Waals surface area contributed by atoms with Crippen molar-refractivity contribution in [3.8, 4) is 5.75 Å². The number of hydrogen-bond donors (Lipinski definition) is 3. The summed E-state index contributed by atoms with van der Waals surface area (Å²) in [4.78, 5) is 23.4. The molecular weight excluding hydrogens is 365 g/mol. The molecule has 3 N–H and O–H groups in total. The fraction of sp³-hybridized carbons (Fsp3) is 0.176. The molecule has 0 saturated heterocycles. The number of hydrogen-bond acceptors (Lipinski definition) is 3. The van der Waals surface area contributed by atoms with Crippen molar-refractivity contribution in [2.75, 3.05) is 11.9 Å². The SMILES string of the molecule is Cc1ccc(OCC(=O)NNC(=O)Nc2ccc(Cl)c(Cl)c2)cc1C. The van der Waals surface area contributed by atoms with Crippen molar-refractivity contribution in [3.63, 3.8) is 0 Å². The smallest absolute Gasteiger partial charge is 0.337 e. The Hall–Kier alpha value is -2.44. The van der Waals surface area contributed by atoms with Crippen molar-refractivity contribution in [1.29, 1.82) is 0 Å². The molecule has 2 aromatic carbocycles. The van der Waals surface area contributed by atoms with E-state index in [0.29, 0.717) is 21.5 Å². The number of carbonyl (C=O) groups is 2. The van der Waals surface area contributed by atoms with Crippen LogP contribution < -0.4 is 20.9 Å². The van der Waals surface area contributed by atoms with Crippen molar-refractivity contribution < 1.29 is 14.3 Å². The van der Waals surface area contributed by atoms with E-state index in [-0.39, 0.29) is 6.61 Å². The maximum Gasteiger partial charge on any atom is 0.337 e. The lowest BCUT2D eigenvalue weighted by molar-refractivity contribution is -0.123. The molecule has 0 radical (unpaired) electrons. The summed E-state index contributed by atoms with van der Waals surface area (Å²) in [6, 6.07) is 9.53. The highest BCUT2D eigenvalue weighted by atomic mass is 35.5. The van der Waals surface area contributed by atoms with Gasteiger partial charge in [-0.1, -0.05) is 29.3 Å². The first-order chi connectivity index (χ1) is 11.8. The number of urea groups is 1. The molecule has 3 amide bonds. The summed E-state index contributed by atoms with van der Waals surface area (Å²) in [6.45, 7) is 3.72. The van der Waals surface area contributed by atoms with Gasteiger partial charge in [-0.2, -0.15) is 0 Å². The highest BCUT2D eigenvalue weighted by molar-refractivity contribution is 6.42. The first-order valence-electron chi connectivity index (χ1n) is 7.36. The molecule has 25 heavy (non-hydrogen) atoms. The zero-order valence-electron chi connectivity index (χ0n) is 13.7. The standard InChI is InChI=1S/C17H17Cl2N3O3/c1-10-3-5-13(7-11(10)2)25-9-16(23)21-22-17(24)20-12-4-6-14(18)15(19)8-12/h3-8H,9H2,1-2H3,(H,21,23)(H2,20,22,24). The maximum atomic E-state index is 11.7. The lowest BCUT2D eigenvalue weighted by Gasteiger charge is -2.11. The quantitative estimate of drug-likeness (QED) is 0.703. The molecule has 0 heterocycles. The Bertz CT molecular complexity index is 797. The molecular formula is C17H17Cl2N3O3. The third-order valence-electron chi connectivity index (χ3n) is 3.34. The highest BCUT2D eigenvalue weighted by Crippen LogP contribution is 2.24. The normalized spacial score (nSPS) is 10.1. The van der Waals surface area contributed by atoms with Gasteiger partial charge < -0.3 is 10.1 Å². The van der Waals surface area contributed by atoms with Crippen molar-refractivity contribution in [2.45, 2.75) is 13.8 Å². The Morgan fingerprint density at radius 1 is 0.960 bits per heavy atom. The summed E-state index contributed by atoms with van der Waals surface area (Å²) >= 11 is 11.6. The Kier molecular flexibility index (Phi) is 6.50. The van der Waals surface area contributed by atoms with Crippen molar-refractivity contribution in [3.05, 3.63) is 57.6 Å². The van der Waals surface area contributed by atoms with Gasteiger partial charge in [-0.3, -0.25) is 10.2 Å². The van der Waals surface area contributed by atoms with Crippen LogP contribution in [0.1, 0.15) is 11.1 Å². The maximum absolute atomic E-state index is 11.7. The molecule has 0 fully saturated rings. The van der Waals surface area contributed by atoms with E-state index in [9.17, 15) is 9.59 Å². The molecule has 8 heteroatoms. The van der Waals surface area contributed by atoms with Gasteiger partial charge in [0.2, 0.25) is 0 Å². The number of halogens is 2.